The standard InChI is InChI=1S/C20H25N3OS/c1-5-6-11-23-17-10-8-7-9-15(17)14(4)18(23)19(24)22-20-21-16(12-25-20)13(2)3/h7-10,12-13H,5-6,11H2,1-4H3,(H,21,22,24). The van der Waals surface area contributed by atoms with Gasteiger partial charge in [0.1, 0.15) is 5.69 Å². The highest BCUT2D eigenvalue weighted by atomic mass is 32.1. The molecule has 2 aromatic heterocycles. The van der Waals surface area contributed by atoms with E-state index in [1.165, 1.54) is 11.3 Å². The zero-order chi connectivity index (χ0) is 18.0. The van der Waals surface area contributed by atoms with Crippen molar-refractivity contribution in [2.24, 2.45) is 0 Å². The minimum Gasteiger partial charge on any atom is -0.336 e. The fourth-order valence-electron chi connectivity index (χ4n) is 3.08. The minimum atomic E-state index is -0.0746. The summed E-state index contributed by atoms with van der Waals surface area (Å²) in [6, 6.07) is 8.23. The average Bonchev–Trinajstić information content (AvgIpc) is 3.16. The molecule has 1 aromatic carbocycles. The number of carbonyl (C=O) groups excluding carboxylic acids is 1. The van der Waals surface area contributed by atoms with Gasteiger partial charge in [-0.25, -0.2) is 4.98 Å². The molecular weight excluding hydrogens is 330 g/mol. The van der Waals surface area contributed by atoms with Gasteiger partial charge in [-0.05, 0) is 30.9 Å². The first-order valence-electron chi connectivity index (χ1n) is 8.87. The summed E-state index contributed by atoms with van der Waals surface area (Å²) < 4.78 is 2.15. The molecule has 25 heavy (non-hydrogen) atoms. The number of para-hydroxylation sites is 1. The van der Waals surface area contributed by atoms with Gasteiger partial charge in [0.2, 0.25) is 0 Å². The molecule has 0 aliphatic carbocycles. The van der Waals surface area contributed by atoms with Crippen LogP contribution in [-0.2, 0) is 6.54 Å². The van der Waals surface area contributed by atoms with Crippen molar-refractivity contribution in [3.05, 3.63) is 46.6 Å². The first kappa shape index (κ1) is 17.7. The summed E-state index contributed by atoms with van der Waals surface area (Å²) in [4.78, 5) is 17.5. The molecule has 0 spiro atoms. The van der Waals surface area contributed by atoms with Crippen molar-refractivity contribution in [1.82, 2.24) is 9.55 Å². The molecule has 0 saturated carbocycles. The van der Waals surface area contributed by atoms with Crippen LogP contribution in [0.3, 0.4) is 0 Å². The first-order chi connectivity index (χ1) is 12.0. The van der Waals surface area contributed by atoms with Crippen LogP contribution in [0.15, 0.2) is 29.6 Å². The average molecular weight is 356 g/mol. The number of aromatic nitrogens is 2. The van der Waals surface area contributed by atoms with Crippen LogP contribution in [-0.4, -0.2) is 15.5 Å². The molecule has 0 aliphatic heterocycles. The summed E-state index contributed by atoms with van der Waals surface area (Å²) in [5.41, 5.74) is 3.92. The van der Waals surface area contributed by atoms with Crippen LogP contribution in [0.5, 0.6) is 0 Å². The summed E-state index contributed by atoms with van der Waals surface area (Å²) in [5.74, 6) is 0.286. The summed E-state index contributed by atoms with van der Waals surface area (Å²) in [5, 5.41) is 6.82. The van der Waals surface area contributed by atoms with Gasteiger partial charge < -0.3 is 4.57 Å². The Morgan fingerprint density at radius 3 is 2.76 bits per heavy atom. The molecule has 3 aromatic rings. The minimum absolute atomic E-state index is 0.0746. The lowest BCUT2D eigenvalue weighted by Gasteiger charge is -2.10. The molecule has 132 valence electrons. The topological polar surface area (TPSA) is 46.9 Å². The molecule has 4 nitrogen and oxygen atoms in total. The first-order valence-corrected chi connectivity index (χ1v) is 9.75. The molecular formula is C20H25N3OS. The molecule has 0 radical (unpaired) electrons. The van der Waals surface area contributed by atoms with Crippen molar-refractivity contribution in [2.45, 2.75) is 53.0 Å². The number of carbonyl (C=O) groups is 1. The van der Waals surface area contributed by atoms with E-state index in [4.69, 9.17) is 0 Å². The van der Waals surface area contributed by atoms with Crippen LogP contribution >= 0.6 is 11.3 Å². The van der Waals surface area contributed by atoms with Crippen LogP contribution in [0.25, 0.3) is 10.9 Å². The molecule has 0 fully saturated rings. The number of nitrogens with zero attached hydrogens (tertiary/aromatic N) is 2. The second-order valence-corrected chi connectivity index (χ2v) is 7.54. The van der Waals surface area contributed by atoms with Crippen LogP contribution < -0.4 is 5.32 Å². The van der Waals surface area contributed by atoms with Crippen LogP contribution in [0.4, 0.5) is 5.13 Å². The number of aryl methyl sites for hydroxylation is 2. The highest BCUT2D eigenvalue weighted by Gasteiger charge is 2.21. The van der Waals surface area contributed by atoms with Gasteiger partial charge in [-0.3, -0.25) is 10.1 Å². The van der Waals surface area contributed by atoms with Crippen molar-refractivity contribution < 1.29 is 4.79 Å². The maximum absolute atomic E-state index is 13.0. The fourth-order valence-corrected chi connectivity index (χ4v) is 3.95. The molecule has 0 saturated heterocycles. The second-order valence-electron chi connectivity index (χ2n) is 6.68. The maximum Gasteiger partial charge on any atom is 0.274 e. The zero-order valence-corrected chi connectivity index (χ0v) is 16.1. The number of thiazole rings is 1. The van der Waals surface area contributed by atoms with E-state index in [1.807, 2.05) is 24.4 Å². The van der Waals surface area contributed by atoms with Gasteiger partial charge in [-0.2, -0.15) is 0 Å². The Balaban J connectivity index is 1.97. The van der Waals surface area contributed by atoms with Crippen molar-refractivity contribution in [1.29, 1.82) is 0 Å². The van der Waals surface area contributed by atoms with E-state index >= 15 is 0 Å². The monoisotopic (exact) mass is 355 g/mol. The number of fused-ring (bicyclic) bond motifs is 1. The molecule has 2 heterocycles. The molecule has 0 aliphatic rings. The van der Waals surface area contributed by atoms with Gasteiger partial charge in [0.25, 0.3) is 5.91 Å². The lowest BCUT2D eigenvalue weighted by molar-refractivity contribution is 0.101. The van der Waals surface area contributed by atoms with E-state index in [1.54, 1.807) is 0 Å². The number of hydrogen-bond donors (Lipinski definition) is 1. The Labute approximate surface area is 152 Å². The lowest BCUT2D eigenvalue weighted by Crippen LogP contribution is -2.18. The van der Waals surface area contributed by atoms with Gasteiger partial charge in [0, 0.05) is 22.8 Å². The number of nitrogens with one attached hydrogen (secondary N) is 1. The molecule has 0 bridgehead atoms. The number of anilines is 1. The predicted octanol–water partition coefficient (Wildman–Crippen LogP) is 5.58. The van der Waals surface area contributed by atoms with E-state index in [9.17, 15) is 4.79 Å². The molecule has 0 unspecified atom stereocenters. The highest BCUT2D eigenvalue weighted by molar-refractivity contribution is 7.14. The van der Waals surface area contributed by atoms with Crippen LogP contribution in [0, 0.1) is 6.92 Å². The van der Waals surface area contributed by atoms with Gasteiger partial charge in [-0.15, -0.1) is 11.3 Å². The SMILES string of the molecule is CCCCn1c(C(=O)Nc2nc(C(C)C)cs2)c(C)c2ccccc21. The Morgan fingerprint density at radius 1 is 1.32 bits per heavy atom. The van der Waals surface area contributed by atoms with Gasteiger partial charge in [0.05, 0.1) is 5.69 Å². The maximum atomic E-state index is 13.0. The lowest BCUT2D eigenvalue weighted by atomic mass is 10.1. The Morgan fingerprint density at radius 2 is 2.08 bits per heavy atom. The van der Waals surface area contributed by atoms with E-state index in [0.717, 1.165) is 47.2 Å². The van der Waals surface area contributed by atoms with Crippen LogP contribution in [0.2, 0.25) is 0 Å². The van der Waals surface area contributed by atoms with Crippen molar-refractivity contribution in [2.75, 3.05) is 5.32 Å². The zero-order valence-electron chi connectivity index (χ0n) is 15.3. The second kappa shape index (κ2) is 7.40. The number of amides is 1. The molecule has 1 amide bonds. The molecule has 1 N–H and O–H groups in total. The molecule has 5 heteroatoms. The van der Waals surface area contributed by atoms with Crippen molar-refractivity contribution in [3.8, 4) is 0 Å². The van der Waals surface area contributed by atoms with E-state index in [-0.39, 0.29) is 5.91 Å². The number of benzene rings is 1. The molecule has 0 atom stereocenters. The number of unbranched alkanes of at least 4 members (excludes halogenated alkanes) is 1. The Kier molecular flexibility index (Phi) is 5.23. The quantitative estimate of drug-likeness (QED) is 0.627. The Hall–Kier alpha value is -2.14. The number of rotatable bonds is 6. The van der Waals surface area contributed by atoms with Gasteiger partial charge in [0.15, 0.2) is 5.13 Å². The summed E-state index contributed by atoms with van der Waals surface area (Å²) >= 11 is 1.49. The van der Waals surface area contributed by atoms with E-state index < -0.39 is 0 Å². The van der Waals surface area contributed by atoms with Crippen molar-refractivity contribution >= 4 is 33.3 Å². The van der Waals surface area contributed by atoms with E-state index in [0.29, 0.717) is 11.0 Å². The van der Waals surface area contributed by atoms with Crippen LogP contribution in [0.1, 0.15) is 61.3 Å². The third-order valence-electron chi connectivity index (χ3n) is 4.51. The largest absolute Gasteiger partial charge is 0.336 e. The van der Waals surface area contributed by atoms with E-state index in [2.05, 4.69) is 47.8 Å². The normalized spacial score (nSPS) is 11.4. The Bertz CT molecular complexity index is 892. The summed E-state index contributed by atoms with van der Waals surface area (Å²) in [6.07, 6.45) is 2.14. The number of hydrogen-bond acceptors (Lipinski definition) is 3. The predicted molar refractivity (Wildman–Crippen MR) is 106 cm³/mol. The summed E-state index contributed by atoms with van der Waals surface area (Å²) in [6.45, 7) is 9.26. The van der Waals surface area contributed by atoms with Crippen molar-refractivity contribution in [3.63, 3.8) is 0 Å². The summed E-state index contributed by atoms with van der Waals surface area (Å²) in [7, 11) is 0. The smallest absolute Gasteiger partial charge is 0.274 e. The molecule has 3 rings (SSSR count). The van der Waals surface area contributed by atoms with Gasteiger partial charge in [-0.1, -0.05) is 45.4 Å². The fraction of sp³-hybridized carbons (Fsp3) is 0.400. The third-order valence-corrected chi connectivity index (χ3v) is 5.28. The highest BCUT2D eigenvalue weighted by Crippen LogP contribution is 2.28. The third kappa shape index (κ3) is 3.47. The van der Waals surface area contributed by atoms with Gasteiger partial charge >= 0.3 is 0 Å².